The Hall–Kier alpha value is -3.01. The normalized spacial score (nSPS) is 11.7. The molecule has 0 aliphatic heterocycles. The number of halogens is 4. The fourth-order valence-corrected chi connectivity index (χ4v) is 3.20. The van der Waals surface area contributed by atoms with Gasteiger partial charge < -0.3 is 4.52 Å². The van der Waals surface area contributed by atoms with E-state index in [1.54, 1.807) is 31.2 Å². The Labute approximate surface area is 186 Å². The summed E-state index contributed by atoms with van der Waals surface area (Å²) < 4.78 is 43.9. The second-order valence-corrected chi connectivity index (χ2v) is 7.67. The summed E-state index contributed by atoms with van der Waals surface area (Å²) in [6, 6.07) is 7.81. The Bertz CT molecular complexity index is 1140. The topological polar surface area (TPSA) is 90.9 Å². The molecule has 11 heteroatoms. The van der Waals surface area contributed by atoms with Gasteiger partial charge in [0.25, 0.3) is 5.56 Å². The molecule has 3 aromatic rings. The van der Waals surface area contributed by atoms with Crippen LogP contribution in [0.2, 0.25) is 5.02 Å². The summed E-state index contributed by atoms with van der Waals surface area (Å²) in [5, 5.41) is 4.14. The molecule has 0 spiro atoms. The molecule has 0 fully saturated rings. The predicted molar refractivity (Wildman–Crippen MR) is 110 cm³/mol. The van der Waals surface area contributed by atoms with Crippen LogP contribution in [-0.4, -0.2) is 31.7 Å². The molecule has 7 nitrogen and oxygen atoms in total. The minimum Gasteiger partial charge on any atom is -0.339 e. The van der Waals surface area contributed by atoms with Crippen molar-refractivity contribution in [2.24, 2.45) is 0 Å². The van der Waals surface area contributed by atoms with Crippen LogP contribution in [0.4, 0.5) is 13.2 Å². The molecule has 0 amide bonds. The molecule has 0 unspecified atom stereocenters. The third kappa shape index (κ3) is 6.74. The van der Waals surface area contributed by atoms with E-state index in [2.05, 4.69) is 15.1 Å². The number of aryl methyl sites for hydroxylation is 3. The van der Waals surface area contributed by atoms with Crippen molar-refractivity contribution in [3.05, 3.63) is 63.2 Å². The number of carbonyl (C=O) groups is 1. The van der Waals surface area contributed by atoms with E-state index in [9.17, 15) is 22.8 Å². The number of carbonyl (C=O) groups excluding carboxylic acids is 1. The Balaban J connectivity index is 1.82. The summed E-state index contributed by atoms with van der Waals surface area (Å²) in [7, 11) is 0. The van der Waals surface area contributed by atoms with Crippen LogP contribution in [-0.2, 0) is 24.2 Å². The maximum atomic E-state index is 12.8. The monoisotopic (exact) mass is 468 g/mol. The SMILES string of the molecule is Cc1noc(CCC(=O)Cn2c(CCCC(F)(F)F)nc(-c3ccc(Cl)cc3)cc2=O)n1. The first kappa shape index (κ1) is 23.6. The number of alkyl halides is 3. The summed E-state index contributed by atoms with van der Waals surface area (Å²) in [5.74, 6) is 0.553. The molecule has 3 rings (SSSR count). The van der Waals surface area contributed by atoms with Crippen LogP contribution in [0, 0.1) is 6.92 Å². The lowest BCUT2D eigenvalue weighted by Gasteiger charge is -2.14. The Morgan fingerprint density at radius 3 is 2.50 bits per heavy atom. The second-order valence-electron chi connectivity index (χ2n) is 7.23. The van der Waals surface area contributed by atoms with Gasteiger partial charge in [-0.2, -0.15) is 18.2 Å². The molecule has 170 valence electrons. The molecular formula is C21H20ClF3N4O3. The van der Waals surface area contributed by atoms with E-state index in [1.165, 1.54) is 6.07 Å². The van der Waals surface area contributed by atoms with Crippen molar-refractivity contribution < 1.29 is 22.5 Å². The molecule has 32 heavy (non-hydrogen) atoms. The smallest absolute Gasteiger partial charge is 0.339 e. The molecule has 0 bridgehead atoms. The van der Waals surface area contributed by atoms with Gasteiger partial charge in [0.1, 0.15) is 5.82 Å². The molecule has 0 N–H and O–H groups in total. The van der Waals surface area contributed by atoms with Gasteiger partial charge in [0, 0.05) is 42.3 Å². The minimum absolute atomic E-state index is 0.0367. The van der Waals surface area contributed by atoms with Crippen LogP contribution in [0.25, 0.3) is 11.3 Å². The van der Waals surface area contributed by atoms with Gasteiger partial charge in [0.05, 0.1) is 12.2 Å². The van der Waals surface area contributed by atoms with Crippen LogP contribution in [0.15, 0.2) is 39.6 Å². The van der Waals surface area contributed by atoms with Gasteiger partial charge in [-0.3, -0.25) is 14.2 Å². The molecular weight excluding hydrogens is 449 g/mol. The summed E-state index contributed by atoms with van der Waals surface area (Å²) >= 11 is 5.89. The first-order valence-electron chi connectivity index (χ1n) is 9.85. The predicted octanol–water partition coefficient (Wildman–Crippen LogP) is 4.34. The van der Waals surface area contributed by atoms with E-state index in [-0.39, 0.29) is 43.8 Å². The van der Waals surface area contributed by atoms with Gasteiger partial charge in [0.15, 0.2) is 11.6 Å². The van der Waals surface area contributed by atoms with Gasteiger partial charge in [0.2, 0.25) is 5.89 Å². The average Bonchev–Trinajstić information content (AvgIpc) is 3.13. The maximum Gasteiger partial charge on any atom is 0.389 e. The third-order valence-corrected chi connectivity index (χ3v) is 4.86. The molecule has 0 aliphatic carbocycles. The fourth-order valence-electron chi connectivity index (χ4n) is 3.07. The number of rotatable bonds is 9. The number of Topliss-reactive ketones (excluding diaryl/α,β-unsaturated/α-hetero) is 1. The van der Waals surface area contributed by atoms with E-state index in [0.29, 0.717) is 28.0 Å². The highest BCUT2D eigenvalue weighted by atomic mass is 35.5. The van der Waals surface area contributed by atoms with Crippen molar-refractivity contribution in [3.63, 3.8) is 0 Å². The molecule has 0 radical (unpaired) electrons. The maximum absolute atomic E-state index is 12.8. The number of hydrogen-bond acceptors (Lipinski definition) is 6. The van der Waals surface area contributed by atoms with Crippen molar-refractivity contribution >= 4 is 17.4 Å². The van der Waals surface area contributed by atoms with E-state index >= 15 is 0 Å². The van der Waals surface area contributed by atoms with Crippen molar-refractivity contribution in [1.82, 2.24) is 19.7 Å². The first-order valence-corrected chi connectivity index (χ1v) is 10.2. The lowest BCUT2D eigenvalue weighted by molar-refractivity contribution is -0.135. The zero-order chi connectivity index (χ0) is 23.3. The molecule has 2 aromatic heterocycles. The quantitative estimate of drug-likeness (QED) is 0.464. The van der Waals surface area contributed by atoms with Gasteiger partial charge >= 0.3 is 6.18 Å². The lowest BCUT2D eigenvalue weighted by Crippen LogP contribution is -2.28. The van der Waals surface area contributed by atoms with Gasteiger partial charge in [-0.1, -0.05) is 28.9 Å². The summed E-state index contributed by atoms with van der Waals surface area (Å²) in [6.45, 7) is 1.34. The van der Waals surface area contributed by atoms with Crippen LogP contribution in [0.3, 0.4) is 0 Å². The van der Waals surface area contributed by atoms with Gasteiger partial charge in [-0.05, 0) is 25.5 Å². The number of aromatic nitrogens is 4. The summed E-state index contributed by atoms with van der Waals surface area (Å²) in [4.78, 5) is 33.6. The standard InChI is InChI=1S/C21H20ClF3N4O3/c1-13-26-19(32-28-13)9-8-16(30)12-29-18(3-2-10-21(23,24)25)27-17(11-20(29)31)14-4-6-15(22)7-5-14/h4-7,11H,2-3,8-10,12H2,1H3. The van der Waals surface area contributed by atoms with Crippen LogP contribution in [0.1, 0.15) is 36.8 Å². The Morgan fingerprint density at radius 1 is 1.16 bits per heavy atom. The van der Waals surface area contributed by atoms with E-state index in [4.69, 9.17) is 16.1 Å². The van der Waals surface area contributed by atoms with Crippen molar-refractivity contribution in [1.29, 1.82) is 0 Å². The number of nitrogens with zero attached hydrogens (tertiary/aromatic N) is 4. The van der Waals surface area contributed by atoms with E-state index in [0.717, 1.165) is 4.57 Å². The average molecular weight is 469 g/mol. The van der Waals surface area contributed by atoms with Crippen LogP contribution >= 0.6 is 11.6 Å². The van der Waals surface area contributed by atoms with Crippen molar-refractivity contribution in [2.75, 3.05) is 0 Å². The number of hydrogen-bond donors (Lipinski definition) is 0. The first-order chi connectivity index (χ1) is 15.1. The molecule has 2 heterocycles. The number of ketones is 1. The molecule has 0 saturated carbocycles. The lowest BCUT2D eigenvalue weighted by atomic mass is 10.1. The van der Waals surface area contributed by atoms with Crippen LogP contribution in [0.5, 0.6) is 0 Å². The van der Waals surface area contributed by atoms with Gasteiger partial charge in [-0.15, -0.1) is 0 Å². The molecule has 0 saturated heterocycles. The van der Waals surface area contributed by atoms with E-state index in [1.807, 2.05) is 0 Å². The Kier molecular flexibility index (Phi) is 7.44. The number of benzene rings is 1. The largest absolute Gasteiger partial charge is 0.389 e. The minimum atomic E-state index is -4.32. The fraction of sp³-hybridized carbons (Fsp3) is 0.381. The van der Waals surface area contributed by atoms with Crippen LogP contribution < -0.4 is 5.56 Å². The molecule has 0 atom stereocenters. The van der Waals surface area contributed by atoms with Crippen molar-refractivity contribution in [3.8, 4) is 11.3 Å². The highest BCUT2D eigenvalue weighted by Gasteiger charge is 2.26. The summed E-state index contributed by atoms with van der Waals surface area (Å²) in [6.07, 6.45) is -5.46. The third-order valence-electron chi connectivity index (χ3n) is 4.61. The van der Waals surface area contributed by atoms with Gasteiger partial charge in [-0.25, -0.2) is 4.98 Å². The summed E-state index contributed by atoms with van der Waals surface area (Å²) in [5.41, 5.74) is 0.376. The highest BCUT2D eigenvalue weighted by molar-refractivity contribution is 6.30. The zero-order valence-electron chi connectivity index (χ0n) is 17.2. The molecule has 1 aromatic carbocycles. The van der Waals surface area contributed by atoms with Crippen molar-refractivity contribution in [2.45, 2.75) is 51.7 Å². The molecule has 0 aliphatic rings. The highest BCUT2D eigenvalue weighted by Crippen LogP contribution is 2.23. The zero-order valence-corrected chi connectivity index (χ0v) is 17.9. The Morgan fingerprint density at radius 2 is 1.88 bits per heavy atom. The van der Waals surface area contributed by atoms with E-state index < -0.39 is 18.2 Å². The second kappa shape index (κ2) is 10.1.